The number of hydrogen-bond donors (Lipinski definition) is 1. The minimum atomic E-state index is -3.82. The van der Waals surface area contributed by atoms with Gasteiger partial charge in [-0.15, -0.1) is 5.10 Å². The van der Waals surface area contributed by atoms with E-state index in [-0.39, 0.29) is 23.9 Å². The van der Waals surface area contributed by atoms with Gasteiger partial charge >= 0.3 is 5.76 Å². The molecule has 158 valence electrons. The predicted octanol–water partition coefficient (Wildman–Crippen LogP) is 3.47. The van der Waals surface area contributed by atoms with E-state index in [0.29, 0.717) is 16.3 Å². The lowest BCUT2D eigenvalue weighted by atomic mass is 10.1. The summed E-state index contributed by atoms with van der Waals surface area (Å²) in [6, 6.07) is 18.3. The topological polar surface area (TPSA) is 109 Å². The molecule has 0 amide bonds. The molecular weight excluding hydrogens is 440 g/mol. The van der Waals surface area contributed by atoms with Crippen LogP contribution in [0.15, 0.2) is 87.0 Å². The number of aromatic nitrogens is 3. The predicted molar refractivity (Wildman–Crippen MR) is 115 cm³/mol. The number of pyridine rings is 1. The zero-order chi connectivity index (χ0) is 21.8. The first-order valence-corrected chi connectivity index (χ1v) is 11.0. The summed E-state index contributed by atoms with van der Waals surface area (Å²) in [7, 11) is -3.82. The minimum absolute atomic E-state index is 0.0990. The van der Waals surface area contributed by atoms with Crippen LogP contribution in [0.2, 0.25) is 5.02 Å². The van der Waals surface area contributed by atoms with Gasteiger partial charge in [-0.05, 0) is 54.1 Å². The Bertz CT molecular complexity index is 1320. The van der Waals surface area contributed by atoms with E-state index in [2.05, 4.69) is 15.2 Å². The van der Waals surface area contributed by atoms with E-state index in [9.17, 15) is 13.2 Å². The fourth-order valence-corrected chi connectivity index (χ4v) is 4.49. The summed E-state index contributed by atoms with van der Waals surface area (Å²) in [4.78, 5) is 15.5. The van der Waals surface area contributed by atoms with Crippen LogP contribution in [-0.2, 0) is 23.1 Å². The van der Waals surface area contributed by atoms with Gasteiger partial charge in [0.15, 0.2) is 0 Å². The van der Waals surface area contributed by atoms with Crippen LogP contribution in [0.4, 0.5) is 0 Å². The zero-order valence-electron chi connectivity index (χ0n) is 16.1. The third-order valence-electron chi connectivity index (χ3n) is 4.51. The summed E-state index contributed by atoms with van der Waals surface area (Å²) in [6.45, 7) is 0.216. The molecule has 0 saturated carbocycles. The van der Waals surface area contributed by atoms with E-state index in [1.54, 1.807) is 54.7 Å². The molecular formula is C21H17ClN4O4S. The van der Waals surface area contributed by atoms with Gasteiger partial charge in [-0.2, -0.15) is 4.31 Å². The average Bonchev–Trinajstić information content (AvgIpc) is 3.21. The van der Waals surface area contributed by atoms with Crippen molar-refractivity contribution in [3.8, 4) is 11.5 Å². The molecule has 0 atom stereocenters. The molecule has 10 heteroatoms. The van der Waals surface area contributed by atoms with Crippen molar-refractivity contribution in [1.82, 2.24) is 19.5 Å². The van der Waals surface area contributed by atoms with Gasteiger partial charge in [-0.25, -0.2) is 18.3 Å². The highest BCUT2D eigenvalue weighted by Crippen LogP contribution is 2.23. The zero-order valence-corrected chi connectivity index (χ0v) is 17.7. The second kappa shape index (κ2) is 8.84. The minimum Gasteiger partial charge on any atom is -0.388 e. The first kappa shape index (κ1) is 21.0. The monoisotopic (exact) mass is 456 g/mol. The lowest BCUT2D eigenvalue weighted by molar-refractivity contribution is 0.397. The second-order valence-corrected chi connectivity index (χ2v) is 9.04. The third-order valence-corrected chi connectivity index (χ3v) is 6.57. The Morgan fingerprint density at radius 3 is 2.32 bits per heavy atom. The van der Waals surface area contributed by atoms with Gasteiger partial charge in [-0.1, -0.05) is 29.8 Å². The molecule has 0 bridgehead atoms. The van der Waals surface area contributed by atoms with Crippen LogP contribution in [0.1, 0.15) is 11.3 Å². The van der Waals surface area contributed by atoms with Crippen LogP contribution in [0.5, 0.6) is 0 Å². The number of aromatic amines is 1. The molecule has 0 radical (unpaired) electrons. The molecule has 0 aliphatic rings. The molecule has 2 aromatic heterocycles. The van der Waals surface area contributed by atoms with Crippen molar-refractivity contribution in [1.29, 1.82) is 0 Å². The summed E-state index contributed by atoms with van der Waals surface area (Å²) in [5.41, 5.74) is 1.96. The molecule has 8 nitrogen and oxygen atoms in total. The highest BCUT2D eigenvalue weighted by molar-refractivity contribution is 7.89. The Morgan fingerprint density at radius 1 is 0.968 bits per heavy atom. The van der Waals surface area contributed by atoms with Crippen molar-refractivity contribution >= 4 is 21.6 Å². The Hall–Kier alpha value is -3.27. The Morgan fingerprint density at radius 2 is 1.71 bits per heavy atom. The van der Waals surface area contributed by atoms with E-state index in [1.165, 1.54) is 16.4 Å². The van der Waals surface area contributed by atoms with Crippen molar-refractivity contribution < 1.29 is 12.8 Å². The molecule has 4 aromatic rings. The van der Waals surface area contributed by atoms with Crippen LogP contribution < -0.4 is 5.76 Å². The molecule has 0 fully saturated rings. The van der Waals surface area contributed by atoms with Crippen molar-refractivity contribution in [2.45, 2.75) is 18.0 Å². The smallest absolute Gasteiger partial charge is 0.388 e. The van der Waals surface area contributed by atoms with E-state index in [0.717, 1.165) is 5.56 Å². The average molecular weight is 457 g/mol. The van der Waals surface area contributed by atoms with Crippen LogP contribution in [-0.4, -0.2) is 27.9 Å². The fraction of sp³-hybridized carbons (Fsp3) is 0.0952. The molecule has 0 saturated heterocycles. The van der Waals surface area contributed by atoms with Crippen molar-refractivity contribution in [3.63, 3.8) is 0 Å². The highest BCUT2D eigenvalue weighted by Gasteiger charge is 2.25. The van der Waals surface area contributed by atoms with E-state index >= 15 is 0 Å². The summed E-state index contributed by atoms with van der Waals surface area (Å²) in [5.74, 6) is -0.481. The number of rotatable bonds is 7. The van der Waals surface area contributed by atoms with Crippen molar-refractivity contribution in [2.75, 3.05) is 0 Å². The standard InChI is InChI=1S/C21H17ClN4O4S/c22-17-8-10-19(11-9-17)31(28,29)26(14-18-3-1-2-12-23-18)13-15-4-6-16(7-5-15)20-24-25-21(27)30-20/h1-12H,13-14H2,(H,25,27). The third kappa shape index (κ3) is 4.91. The summed E-state index contributed by atoms with van der Waals surface area (Å²) in [5, 5.41) is 6.45. The first-order chi connectivity index (χ1) is 14.9. The number of nitrogens with zero attached hydrogens (tertiary/aromatic N) is 3. The summed E-state index contributed by atoms with van der Waals surface area (Å²) >= 11 is 5.91. The molecule has 0 aliphatic carbocycles. The highest BCUT2D eigenvalue weighted by atomic mass is 35.5. The summed E-state index contributed by atoms with van der Waals surface area (Å²) < 4.78 is 33.0. The van der Waals surface area contributed by atoms with Crippen molar-refractivity contribution in [2.24, 2.45) is 0 Å². The van der Waals surface area contributed by atoms with Gasteiger partial charge in [0.05, 0.1) is 17.1 Å². The van der Waals surface area contributed by atoms with Gasteiger partial charge in [0, 0.05) is 23.3 Å². The van der Waals surface area contributed by atoms with E-state index in [1.807, 2.05) is 6.07 Å². The lowest BCUT2D eigenvalue weighted by Gasteiger charge is -2.22. The Labute approximate surface area is 183 Å². The largest absolute Gasteiger partial charge is 0.434 e. The number of nitrogens with one attached hydrogen (secondary N) is 1. The van der Waals surface area contributed by atoms with Gasteiger partial charge in [0.25, 0.3) is 0 Å². The maximum absolute atomic E-state index is 13.3. The van der Waals surface area contributed by atoms with Gasteiger partial charge in [0.2, 0.25) is 15.9 Å². The summed E-state index contributed by atoms with van der Waals surface area (Å²) in [6.07, 6.45) is 1.62. The van der Waals surface area contributed by atoms with E-state index in [4.69, 9.17) is 16.0 Å². The quantitative estimate of drug-likeness (QED) is 0.456. The lowest BCUT2D eigenvalue weighted by Crippen LogP contribution is -2.30. The van der Waals surface area contributed by atoms with Crippen LogP contribution >= 0.6 is 11.6 Å². The Balaban J connectivity index is 1.64. The van der Waals surface area contributed by atoms with E-state index < -0.39 is 15.8 Å². The molecule has 2 heterocycles. The number of H-pyrrole nitrogens is 1. The molecule has 1 N–H and O–H groups in total. The SMILES string of the molecule is O=c1[nH]nc(-c2ccc(CN(Cc3ccccn3)S(=O)(=O)c3ccc(Cl)cc3)cc2)o1. The van der Waals surface area contributed by atoms with Crippen molar-refractivity contribution in [3.05, 3.63) is 99.8 Å². The molecule has 0 aliphatic heterocycles. The second-order valence-electron chi connectivity index (χ2n) is 6.66. The van der Waals surface area contributed by atoms with Gasteiger partial charge in [-0.3, -0.25) is 4.98 Å². The number of hydrogen-bond acceptors (Lipinski definition) is 6. The van der Waals surface area contributed by atoms with Gasteiger partial charge in [0.1, 0.15) is 0 Å². The number of benzene rings is 2. The first-order valence-electron chi connectivity index (χ1n) is 9.22. The fourth-order valence-electron chi connectivity index (χ4n) is 2.96. The molecule has 4 rings (SSSR count). The number of sulfonamides is 1. The molecule has 31 heavy (non-hydrogen) atoms. The molecule has 0 spiro atoms. The van der Waals surface area contributed by atoms with Crippen LogP contribution in [0.3, 0.4) is 0 Å². The van der Waals surface area contributed by atoms with Gasteiger partial charge < -0.3 is 4.42 Å². The molecule has 2 aromatic carbocycles. The normalized spacial score (nSPS) is 11.7. The van der Waals surface area contributed by atoms with Crippen LogP contribution in [0, 0.1) is 0 Å². The van der Waals surface area contributed by atoms with Crippen LogP contribution in [0.25, 0.3) is 11.5 Å². The maximum atomic E-state index is 13.3. The Kier molecular flexibility index (Phi) is 5.99. The number of halogens is 1. The molecule has 0 unspecified atom stereocenters. The maximum Gasteiger partial charge on any atom is 0.434 e.